The Bertz CT molecular complexity index is 737. The van der Waals surface area contributed by atoms with Crippen molar-refractivity contribution in [1.29, 1.82) is 5.26 Å². The Morgan fingerprint density at radius 1 is 1.05 bits per heavy atom. The predicted molar refractivity (Wildman–Crippen MR) is 82.3 cm³/mol. The van der Waals surface area contributed by atoms with Crippen molar-refractivity contribution in [3.8, 4) is 6.07 Å². The van der Waals surface area contributed by atoms with Gasteiger partial charge >= 0.3 is 0 Å². The van der Waals surface area contributed by atoms with E-state index >= 15 is 0 Å². The van der Waals surface area contributed by atoms with E-state index < -0.39 is 11.6 Å². The van der Waals surface area contributed by atoms with E-state index in [0.29, 0.717) is 13.1 Å². The Morgan fingerprint density at radius 3 is 2.27 bits per heavy atom. The molecule has 0 saturated carbocycles. The van der Waals surface area contributed by atoms with Crippen molar-refractivity contribution in [3.05, 3.63) is 71.3 Å². The molecule has 0 N–H and O–H groups in total. The number of hydrogen-bond donors (Lipinski definition) is 0. The number of halogens is 2. The summed E-state index contributed by atoms with van der Waals surface area (Å²) < 4.78 is 28.1. The maximum atomic E-state index is 14.0. The molecule has 0 saturated heterocycles. The van der Waals surface area contributed by atoms with Gasteiger partial charge in [-0.2, -0.15) is 5.26 Å². The lowest BCUT2D eigenvalue weighted by atomic mass is 9.99. The second kappa shape index (κ2) is 5.98. The van der Waals surface area contributed by atoms with Crippen LogP contribution in [0.4, 0.5) is 14.5 Å². The summed E-state index contributed by atoms with van der Waals surface area (Å²) in [6.07, 6.45) is 2.72. The molecule has 3 rings (SSSR count). The van der Waals surface area contributed by atoms with Crippen LogP contribution in [0.15, 0.2) is 48.5 Å². The fourth-order valence-corrected chi connectivity index (χ4v) is 2.72. The minimum atomic E-state index is -0.687. The van der Waals surface area contributed by atoms with E-state index in [1.165, 1.54) is 5.57 Å². The van der Waals surface area contributed by atoms with E-state index in [4.69, 9.17) is 5.26 Å². The van der Waals surface area contributed by atoms with Crippen LogP contribution in [0.1, 0.15) is 17.5 Å². The first-order valence-corrected chi connectivity index (χ1v) is 7.07. The number of rotatable bonds is 2. The fourth-order valence-electron chi connectivity index (χ4n) is 2.72. The van der Waals surface area contributed by atoms with Crippen LogP contribution in [-0.4, -0.2) is 13.1 Å². The monoisotopic (exact) mass is 296 g/mol. The molecular weight excluding hydrogens is 282 g/mol. The zero-order valence-corrected chi connectivity index (χ0v) is 11.9. The van der Waals surface area contributed by atoms with Crippen molar-refractivity contribution in [1.82, 2.24) is 0 Å². The molecule has 0 radical (unpaired) electrons. The summed E-state index contributed by atoms with van der Waals surface area (Å²) in [6, 6.07) is 13.9. The molecular formula is C18H14F2N2. The molecule has 0 fully saturated rings. The van der Waals surface area contributed by atoms with Gasteiger partial charge in [-0.15, -0.1) is 0 Å². The quantitative estimate of drug-likeness (QED) is 0.833. The Morgan fingerprint density at radius 2 is 1.73 bits per heavy atom. The number of benzene rings is 2. The van der Waals surface area contributed by atoms with E-state index in [0.717, 1.165) is 24.1 Å². The van der Waals surface area contributed by atoms with Crippen molar-refractivity contribution in [2.75, 3.05) is 18.0 Å². The SMILES string of the molecule is N#Cc1cc(F)c(N2CC=C(c3ccccc3)CC2)c(F)c1. The van der Waals surface area contributed by atoms with Crippen molar-refractivity contribution in [2.24, 2.45) is 0 Å². The Balaban J connectivity index is 1.85. The van der Waals surface area contributed by atoms with Gasteiger partial charge in [0.25, 0.3) is 0 Å². The van der Waals surface area contributed by atoms with E-state index in [9.17, 15) is 8.78 Å². The van der Waals surface area contributed by atoms with E-state index in [1.54, 1.807) is 11.0 Å². The van der Waals surface area contributed by atoms with Crippen LogP contribution in [0.2, 0.25) is 0 Å². The molecule has 1 aliphatic heterocycles. The summed E-state index contributed by atoms with van der Waals surface area (Å²) in [7, 11) is 0. The lowest BCUT2D eigenvalue weighted by Crippen LogP contribution is -2.30. The number of anilines is 1. The Kier molecular flexibility index (Phi) is 3.88. The molecule has 2 aromatic carbocycles. The summed E-state index contributed by atoms with van der Waals surface area (Å²) in [5.74, 6) is -1.37. The van der Waals surface area contributed by atoms with Crippen LogP contribution < -0.4 is 4.90 Å². The maximum Gasteiger partial charge on any atom is 0.150 e. The summed E-state index contributed by atoms with van der Waals surface area (Å²) in [5.41, 5.74) is 2.27. The molecule has 1 aliphatic rings. The third-order valence-corrected chi connectivity index (χ3v) is 3.82. The van der Waals surface area contributed by atoms with Gasteiger partial charge in [0, 0.05) is 13.1 Å². The third kappa shape index (κ3) is 2.71. The number of hydrogen-bond acceptors (Lipinski definition) is 2. The highest BCUT2D eigenvalue weighted by atomic mass is 19.1. The molecule has 0 atom stereocenters. The second-order valence-electron chi connectivity index (χ2n) is 5.19. The first kappa shape index (κ1) is 14.3. The van der Waals surface area contributed by atoms with Crippen LogP contribution in [-0.2, 0) is 0 Å². The highest BCUT2D eigenvalue weighted by molar-refractivity contribution is 5.69. The first-order chi connectivity index (χ1) is 10.7. The minimum Gasteiger partial charge on any atom is -0.363 e. The van der Waals surface area contributed by atoms with Crippen molar-refractivity contribution >= 4 is 11.3 Å². The average Bonchev–Trinajstić information content (AvgIpc) is 2.55. The van der Waals surface area contributed by atoms with Gasteiger partial charge in [0.2, 0.25) is 0 Å². The third-order valence-electron chi connectivity index (χ3n) is 3.82. The van der Waals surface area contributed by atoms with Gasteiger partial charge in [-0.3, -0.25) is 0 Å². The molecule has 2 aromatic rings. The van der Waals surface area contributed by atoms with Gasteiger partial charge in [0.05, 0.1) is 11.6 Å². The summed E-state index contributed by atoms with van der Waals surface area (Å²) in [4.78, 5) is 1.66. The maximum absolute atomic E-state index is 14.0. The summed E-state index contributed by atoms with van der Waals surface area (Å²) in [5, 5.41) is 8.74. The molecule has 0 bridgehead atoms. The fraction of sp³-hybridized carbons (Fsp3) is 0.167. The van der Waals surface area contributed by atoms with Gasteiger partial charge in [-0.25, -0.2) is 8.78 Å². The lowest BCUT2D eigenvalue weighted by Gasteiger charge is -2.29. The Labute approximate surface area is 127 Å². The smallest absolute Gasteiger partial charge is 0.150 e. The van der Waals surface area contributed by atoms with Gasteiger partial charge in [0.15, 0.2) is 11.6 Å². The molecule has 0 unspecified atom stereocenters. The highest BCUT2D eigenvalue weighted by Gasteiger charge is 2.20. The molecule has 1 heterocycles. The zero-order valence-electron chi connectivity index (χ0n) is 11.9. The molecule has 4 heteroatoms. The normalized spacial score (nSPS) is 14.4. The van der Waals surface area contributed by atoms with E-state index in [1.807, 2.05) is 36.4 Å². The molecule has 110 valence electrons. The van der Waals surface area contributed by atoms with Crippen LogP contribution >= 0.6 is 0 Å². The number of nitrogens with zero attached hydrogens (tertiary/aromatic N) is 2. The molecule has 0 spiro atoms. The van der Waals surface area contributed by atoms with E-state index in [-0.39, 0.29) is 11.3 Å². The van der Waals surface area contributed by atoms with E-state index in [2.05, 4.69) is 0 Å². The predicted octanol–water partition coefficient (Wildman–Crippen LogP) is 4.13. The standard InChI is InChI=1S/C18H14F2N2/c19-16-10-13(12-21)11-17(20)18(16)22-8-6-15(7-9-22)14-4-2-1-3-5-14/h1-6,10-11H,7-9H2. The summed E-state index contributed by atoms with van der Waals surface area (Å²) in [6.45, 7) is 0.991. The van der Waals surface area contributed by atoms with Crippen molar-refractivity contribution in [2.45, 2.75) is 6.42 Å². The highest BCUT2D eigenvalue weighted by Crippen LogP contribution is 2.29. The largest absolute Gasteiger partial charge is 0.363 e. The van der Waals surface area contributed by atoms with Gasteiger partial charge in [0.1, 0.15) is 5.69 Å². The molecule has 0 amide bonds. The minimum absolute atomic E-state index is 0.00345. The molecule has 2 nitrogen and oxygen atoms in total. The topological polar surface area (TPSA) is 27.0 Å². The zero-order chi connectivity index (χ0) is 15.5. The van der Waals surface area contributed by atoms with Crippen molar-refractivity contribution < 1.29 is 8.78 Å². The van der Waals surface area contributed by atoms with Crippen LogP contribution in [0.25, 0.3) is 5.57 Å². The van der Waals surface area contributed by atoms with Crippen molar-refractivity contribution in [3.63, 3.8) is 0 Å². The summed E-state index contributed by atoms with van der Waals surface area (Å²) >= 11 is 0. The number of nitriles is 1. The molecule has 22 heavy (non-hydrogen) atoms. The second-order valence-corrected chi connectivity index (χ2v) is 5.19. The first-order valence-electron chi connectivity index (χ1n) is 7.07. The van der Waals surface area contributed by atoms with Gasteiger partial charge in [-0.05, 0) is 29.7 Å². The van der Waals surface area contributed by atoms with Crippen LogP contribution in [0.5, 0.6) is 0 Å². The van der Waals surface area contributed by atoms with Crippen LogP contribution in [0.3, 0.4) is 0 Å². The Hall–Kier alpha value is -2.67. The molecule has 0 aromatic heterocycles. The van der Waals surface area contributed by atoms with Crippen LogP contribution in [0, 0.1) is 23.0 Å². The van der Waals surface area contributed by atoms with Gasteiger partial charge < -0.3 is 4.90 Å². The average molecular weight is 296 g/mol. The lowest BCUT2D eigenvalue weighted by molar-refractivity contribution is 0.572. The van der Waals surface area contributed by atoms with Gasteiger partial charge in [-0.1, -0.05) is 36.4 Å². The molecule has 0 aliphatic carbocycles.